The molecule has 0 aromatic heterocycles. The summed E-state index contributed by atoms with van der Waals surface area (Å²) in [6.45, 7) is 10.3. The number of phenolic OH excluding ortho intramolecular Hbond substituents is 1. The van der Waals surface area contributed by atoms with E-state index < -0.39 is 0 Å². The molecule has 1 aliphatic heterocycles. The molecule has 1 aromatic carbocycles. The van der Waals surface area contributed by atoms with Crippen molar-refractivity contribution in [2.75, 3.05) is 19.7 Å². The van der Waals surface area contributed by atoms with Crippen LogP contribution in [0.25, 0.3) is 0 Å². The van der Waals surface area contributed by atoms with Crippen LogP contribution in [0.2, 0.25) is 0 Å². The van der Waals surface area contributed by atoms with Crippen LogP contribution in [0.1, 0.15) is 39.2 Å². The minimum atomic E-state index is 0.189. The molecular weight excluding hydrogens is 318 g/mol. The topological polar surface area (TPSA) is 32.7 Å². The predicted octanol–water partition coefficient (Wildman–Crippen LogP) is 4.18. The van der Waals surface area contributed by atoms with Gasteiger partial charge >= 0.3 is 0 Å². The van der Waals surface area contributed by atoms with Crippen LogP contribution in [-0.4, -0.2) is 29.7 Å². The van der Waals surface area contributed by atoms with Crippen molar-refractivity contribution >= 4 is 15.9 Å². The Balaban J connectivity index is 2.13. The van der Waals surface area contributed by atoms with Gasteiger partial charge in [-0.2, -0.15) is 0 Å². The van der Waals surface area contributed by atoms with Gasteiger partial charge in [-0.25, -0.2) is 0 Å². The number of hydrogen-bond acceptors (Lipinski definition) is 3. The first-order chi connectivity index (χ1) is 9.41. The predicted molar refractivity (Wildman–Crippen MR) is 85.3 cm³/mol. The summed E-state index contributed by atoms with van der Waals surface area (Å²) in [5, 5.41) is 9.96. The quantitative estimate of drug-likeness (QED) is 0.891. The van der Waals surface area contributed by atoms with Gasteiger partial charge in [-0.05, 0) is 65.4 Å². The van der Waals surface area contributed by atoms with Crippen LogP contribution in [-0.2, 0) is 6.54 Å². The maximum atomic E-state index is 9.96. The molecule has 1 aromatic rings. The molecule has 4 heteroatoms. The molecule has 0 atom stereocenters. The van der Waals surface area contributed by atoms with Crippen molar-refractivity contribution in [1.82, 2.24) is 4.90 Å². The Morgan fingerprint density at radius 3 is 2.80 bits per heavy atom. The summed E-state index contributed by atoms with van der Waals surface area (Å²) < 4.78 is 6.19. The highest BCUT2D eigenvalue weighted by atomic mass is 79.9. The Hall–Kier alpha value is -0.740. The van der Waals surface area contributed by atoms with E-state index in [-0.39, 0.29) is 5.75 Å². The number of phenols is 1. The SMILES string of the molecule is CCOc1cc(CN2CCCC(C)(C)C2)cc(Br)c1O. The number of ether oxygens (including phenoxy) is 1. The highest BCUT2D eigenvalue weighted by molar-refractivity contribution is 9.10. The lowest BCUT2D eigenvalue weighted by Crippen LogP contribution is -2.39. The highest BCUT2D eigenvalue weighted by Crippen LogP contribution is 2.36. The van der Waals surface area contributed by atoms with Crippen LogP contribution in [0.3, 0.4) is 0 Å². The average Bonchev–Trinajstić information content (AvgIpc) is 2.34. The van der Waals surface area contributed by atoms with E-state index in [1.807, 2.05) is 19.1 Å². The van der Waals surface area contributed by atoms with Gasteiger partial charge in [-0.3, -0.25) is 4.90 Å². The standard InChI is InChI=1S/C16H24BrNO2/c1-4-20-14-9-12(8-13(17)15(14)19)10-18-7-5-6-16(2,3)11-18/h8-9,19H,4-7,10-11H2,1-3H3. The van der Waals surface area contributed by atoms with E-state index in [0.717, 1.165) is 19.6 Å². The second kappa shape index (κ2) is 6.35. The summed E-state index contributed by atoms with van der Waals surface area (Å²) in [4.78, 5) is 2.48. The molecule has 0 amide bonds. The molecule has 1 aliphatic rings. The van der Waals surface area contributed by atoms with E-state index in [0.29, 0.717) is 22.2 Å². The number of piperidine rings is 1. The fourth-order valence-electron chi connectivity index (χ4n) is 2.92. The Morgan fingerprint density at radius 1 is 1.40 bits per heavy atom. The molecule has 0 spiro atoms. The highest BCUT2D eigenvalue weighted by Gasteiger charge is 2.26. The summed E-state index contributed by atoms with van der Waals surface area (Å²) in [6.07, 6.45) is 2.55. The van der Waals surface area contributed by atoms with Gasteiger partial charge in [0, 0.05) is 13.1 Å². The van der Waals surface area contributed by atoms with Crippen LogP contribution in [0, 0.1) is 5.41 Å². The zero-order valence-electron chi connectivity index (χ0n) is 12.6. The molecule has 1 saturated heterocycles. The maximum absolute atomic E-state index is 9.96. The number of halogens is 1. The third-order valence-electron chi connectivity index (χ3n) is 3.77. The smallest absolute Gasteiger partial charge is 0.172 e. The molecule has 1 N–H and O–H groups in total. The van der Waals surface area contributed by atoms with Crippen molar-refractivity contribution in [1.29, 1.82) is 0 Å². The van der Waals surface area contributed by atoms with Gasteiger partial charge in [0.15, 0.2) is 11.5 Å². The van der Waals surface area contributed by atoms with E-state index >= 15 is 0 Å². The first-order valence-corrected chi connectivity index (χ1v) is 8.07. The Kier molecular flexibility index (Phi) is 4.97. The number of rotatable bonds is 4. The van der Waals surface area contributed by atoms with Crippen molar-refractivity contribution in [3.8, 4) is 11.5 Å². The lowest BCUT2D eigenvalue weighted by atomic mass is 9.84. The largest absolute Gasteiger partial charge is 0.503 e. The molecule has 0 saturated carbocycles. The lowest BCUT2D eigenvalue weighted by molar-refractivity contribution is 0.111. The zero-order chi connectivity index (χ0) is 14.8. The van der Waals surface area contributed by atoms with Crippen LogP contribution in [0.5, 0.6) is 11.5 Å². The van der Waals surface area contributed by atoms with Crippen LogP contribution in [0.4, 0.5) is 0 Å². The van der Waals surface area contributed by atoms with Crippen LogP contribution in [0.15, 0.2) is 16.6 Å². The molecule has 112 valence electrons. The molecule has 0 unspecified atom stereocenters. The summed E-state index contributed by atoms with van der Waals surface area (Å²) in [7, 11) is 0. The maximum Gasteiger partial charge on any atom is 0.172 e. The van der Waals surface area contributed by atoms with Gasteiger partial charge < -0.3 is 9.84 Å². The van der Waals surface area contributed by atoms with E-state index in [9.17, 15) is 5.11 Å². The average molecular weight is 342 g/mol. The third kappa shape index (κ3) is 3.89. The number of nitrogens with zero attached hydrogens (tertiary/aromatic N) is 1. The molecule has 3 nitrogen and oxygen atoms in total. The first-order valence-electron chi connectivity index (χ1n) is 7.28. The monoisotopic (exact) mass is 341 g/mol. The second-order valence-corrected chi connectivity index (χ2v) is 7.19. The summed E-state index contributed by atoms with van der Waals surface area (Å²) in [5.41, 5.74) is 1.57. The van der Waals surface area contributed by atoms with Gasteiger partial charge in [0.1, 0.15) is 0 Å². The van der Waals surface area contributed by atoms with Crippen molar-refractivity contribution in [3.05, 3.63) is 22.2 Å². The molecular formula is C16H24BrNO2. The van der Waals surface area contributed by atoms with Gasteiger partial charge in [0.05, 0.1) is 11.1 Å². The molecule has 0 bridgehead atoms. The second-order valence-electron chi connectivity index (χ2n) is 6.34. The summed E-state index contributed by atoms with van der Waals surface area (Å²) >= 11 is 3.41. The van der Waals surface area contributed by atoms with Crippen molar-refractivity contribution < 1.29 is 9.84 Å². The minimum absolute atomic E-state index is 0.189. The Labute approximate surface area is 130 Å². The van der Waals surface area contributed by atoms with Crippen molar-refractivity contribution in [2.45, 2.75) is 40.2 Å². The van der Waals surface area contributed by atoms with Gasteiger partial charge in [-0.1, -0.05) is 13.8 Å². The zero-order valence-corrected chi connectivity index (χ0v) is 14.2. The normalized spacial score (nSPS) is 19.0. The minimum Gasteiger partial charge on any atom is -0.503 e. The lowest BCUT2D eigenvalue weighted by Gasteiger charge is -2.38. The first kappa shape index (κ1) is 15.6. The van der Waals surface area contributed by atoms with E-state index in [1.165, 1.54) is 18.4 Å². The molecule has 20 heavy (non-hydrogen) atoms. The Morgan fingerprint density at radius 2 is 2.15 bits per heavy atom. The van der Waals surface area contributed by atoms with Gasteiger partial charge in [0.25, 0.3) is 0 Å². The van der Waals surface area contributed by atoms with Crippen LogP contribution < -0.4 is 4.74 Å². The molecule has 1 heterocycles. The van der Waals surface area contributed by atoms with Crippen molar-refractivity contribution in [3.63, 3.8) is 0 Å². The van der Waals surface area contributed by atoms with Crippen LogP contribution >= 0.6 is 15.9 Å². The number of aromatic hydroxyl groups is 1. The fraction of sp³-hybridized carbons (Fsp3) is 0.625. The third-order valence-corrected chi connectivity index (χ3v) is 4.38. The molecule has 0 aliphatic carbocycles. The molecule has 2 rings (SSSR count). The number of likely N-dealkylation sites (tertiary alicyclic amines) is 1. The molecule has 0 radical (unpaired) electrons. The fourth-order valence-corrected chi connectivity index (χ4v) is 3.41. The van der Waals surface area contributed by atoms with E-state index in [4.69, 9.17) is 4.74 Å². The van der Waals surface area contributed by atoms with Gasteiger partial charge in [0.2, 0.25) is 0 Å². The number of hydrogen-bond donors (Lipinski definition) is 1. The molecule has 1 fully saturated rings. The van der Waals surface area contributed by atoms with E-state index in [2.05, 4.69) is 34.7 Å². The summed E-state index contributed by atoms with van der Waals surface area (Å²) in [5.74, 6) is 0.753. The Bertz CT molecular complexity index is 474. The summed E-state index contributed by atoms with van der Waals surface area (Å²) in [6, 6.07) is 3.94. The van der Waals surface area contributed by atoms with E-state index in [1.54, 1.807) is 0 Å². The van der Waals surface area contributed by atoms with Crippen molar-refractivity contribution in [2.24, 2.45) is 5.41 Å². The number of benzene rings is 1. The van der Waals surface area contributed by atoms with Gasteiger partial charge in [-0.15, -0.1) is 0 Å².